The lowest BCUT2D eigenvalue weighted by molar-refractivity contribution is -0.142. The molecule has 3 atom stereocenters. The molecular weight excluding hydrogens is 283 g/mol. The van der Waals surface area contributed by atoms with Crippen molar-refractivity contribution in [2.24, 2.45) is 17.6 Å². The Balaban J connectivity index is 2.88. The summed E-state index contributed by atoms with van der Waals surface area (Å²) in [7, 11) is 0. The van der Waals surface area contributed by atoms with Crippen molar-refractivity contribution in [3.05, 3.63) is 35.4 Å². The maximum absolute atomic E-state index is 12.7. The summed E-state index contributed by atoms with van der Waals surface area (Å²) in [6, 6.07) is 5.16. The Morgan fingerprint density at radius 1 is 1.33 bits per heavy atom. The Morgan fingerprint density at radius 3 is 2.43 bits per heavy atom. The van der Waals surface area contributed by atoms with Gasteiger partial charge in [-0.15, -0.1) is 0 Å². The normalized spacial score (nSPS) is 16.3. The topological polar surface area (TPSA) is 63.3 Å². The second-order valence-electron chi connectivity index (χ2n) is 5.40. The van der Waals surface area contributed by atoms with Crippen molar-refractivity contribution < 1.29 is 23.1 Å². The molecular formula is C15H20F3NO2. The molecule has 0 saturated carbocycles. The minimum Gasteiger partial charge on any atom is -0.481 e. The molecule has 0 aliphatic rings. The van der Waals surface area contributed by atoms with Crippen LogP contribution in [0, 0.1) is 11.8 Å². The molecule has 1 rings (SSSR count). The maximum Gasteiger partial charge on any atom is 0.416 e. The first-order chi connectivity index (χ1) is 9.66. The molecule has 0 aliphatic heterocycles. The molecule has 0 bridgehead atoms. The van der Waals surface area contributed by atoms with Crippen LogP contribution in [0.15, 0.2) is 24.3 Å². The lowest BCUT2D eigenvalue weighted by Crippen LogP contribution is -2.26. The largest absolute Gasteiger partial charge is 0.481 e. The first kappa shape index (κ1) is 17.5. The smallest absolute Gasteiger partial charge is 0.416 e. The zero-order valence-corrected chi connectivity index (χ0v) is 12.0. The monoisotopic (exact) mass is 303 g/mol. The summed E-state index contributed by atoms with van der Waals surface area (Å²) < 4.78 is 38.1. The van der Waals surface area contributed by atoms with Gasteiger partial charge in [0, 0.05) is 6.54 Å². The Kier molecular flexibility index (Phi) is 5.78. The van der Waals surface area contributed by atoms with Gasteiger partial charge in [-0.1, -0.05) is 32.0 Å². The number of aliphatic carboxylic acids is 1. The minimum atomic E-state index is -4.38. The van der Waals surface area contributed by atoms with Gasteiger partial charge >= 0.3 is 12.1 Å². The standard InChI is InChI=1S/C15H20F3NO2/c1-9(6-12(8-19)14(20)21)10(2)11-4-3-5-13(7-11)15(16,17)18/h3-5,7,9-10,12H,6,8,19H2,1-2H3,(H,20,21). The van der Waals surface area contributed by atoms with Crippen LogP contribution in [0.3, 0.4) is 0 Å². The quantitative estimate of drug-likeness (QED) is 0.845. The molecule has 1 aromatic carbocycles. The van der Waals surface area contributed by atoms with Crippen LogP contribution < -0.4 is 5.73 Å². The highest BCUT2D eigenvalue weighted by Crippen LogP contribution is 2.34. The summed E-state index contributed by atoms with van der Waals surface area (Å²) in [6.07, 6.45) is -4.04. The van der Waals surface area contributed by atoms with Gasteiger partial charge in [0.2, 0.25) is 0 Å². The SMILES string of the molecule is CC(CC(CN)C(=O)O)C(C)c1cccc(C(F)(F)F)c1. The van der Waals surface area contributed by atoms with Crippen LogP contribution in [0.25, 0.3) is 0 Å². The fraction of sp³-hybridized carbons (Fsp3) is 0.533. The number of halogens is 3. The number of alkyl halides is 3. The number of benzene rings is 1. The van der Waals surface area contributed by atoms with Gasteiger partial charge in [0.25, 0.3) is 0 Å². The fourth-order valence-electron chi connectivity index (χ4n) is 2.28. The van der Waals surface area contributed by atoms with Gasteiger partial charge in [0.05, 0.1) is 11.5 Å². The number of rotatable bonds is 6. The van der Waals surface area contributed by atoms with E-state index in [-0.39, 0.29) is 18.4 Å². The molecule has 0 saturated heterocycles. The van der Waals surface area contributed by atoms with Crippen molar-refractivity contribution in [1.82, 2.24) is 0 Å². The van der Waals surface area contributed by atoms with E-state index in [0.29, 0.717) is 12.0 Å². The van der Waals surface area contributed by atoms with Gasteiger partial charge in [-0.05, 0) is 29.9 Å². The Hall–Kier alpha value is -1.56. The van der Waals surface area contributed by atoms with E-state index in [9.17, 15) is 18.0 Å². The Bertz CT molecular complexity index is 488. The van der Waals surface area contributed by atoms with E-state index >= 15 is 0 Å². The molecule has 21 heavy (non-hydrogen) atoms. The average molecular weight is 303 g/mol. The predicted molar refractivity (Wildman–Crippen MR) is 73.8 cm³/mol. The number of carboxylic acid groups (broad SMARTS) is 1. The van der Waals surface area contributed by atoms with Crippen LogP contribution in [0.1, 0.15) is 37.3 Å². The van der Waals surface area contributed by atoms with Crippen molar-refractivity contribution in [1.29, 1.82) is 0 Å². The van der Waals surface area contributed by atoms with Crippen LogP contribution in [0.2, 0.25) is 0 Å². The highest BCUT2D eigenvalue weighted by Gasteiger charge is 2.31. The molecule has 3 nitrogen and oxygen atoms in total. The number of carbonyl (C=O) groups is 1. The minimum absolute atomic E-state index is 0.0228. The predicted octanol–water partition coefficient (Wildman–Crippen LogP) is 3.49. The van der Waals surface area contributed by atoms with Crippen LogP contribution >= 0.6 is 0 Å². The molecule has 0 heterocycles. The molecule has 0 radical (unpaired) electrons. The van der Waals surface area contributed by atoms with Crippen LogP contribution in [0.5, 0.6) is 0 Å². The first-order valence-electron chi connectivity index (χ1n) is 6.76. The Morgan fingerprint density at radius 2 is 1.95 bits per heavy atom. The highest BCUT2D eigenvalue weighted by molar-refractivity contribution is 5.70. The number of nitrogens with two attached hydrogens (primary N) is 1. The molecule has 0 aliphatic carbocycles. The van der Waals surface area contributed by atoms with Crippen molar-refractivity contribution in [3.63, 3.8) is 0 Å². The lowest BCUT2D eigenvalue weighted by Gasteiger charge is -2.23. The number of carboxylic acids is 1. The molecule has 3 N–H and O–H groups in total. The summed E-state index contributed by atoms with van der Waals surface area (Å²) in [6.45, 7) is 3.65. The van der Waals surface area contributed by atoms with E-state index < -0.39 is 23.6 Å². The van der Waals surface area contributed by atoms with Crippen molar-refractivity contribution >= 4 is 5.97 Å². The number of hydrogen-bond acceptors (Lipinski definition) is 2. The van der Waals surface area contributed by atoms with Crippen LogP contribution in [-0.4, -0.2) is 17.6 Å². The molecule has 0 aromatic heterocycles. The van der Waals surface area contributed by atoms with Crippen molar-refractivity contribution in [3.8, 4) is 0 Å². The van der Waals surface area contributed by atoms with E-state index in [1.807, 2.05) is 6.92 Å². The third-order valence-corrected chi connectivity index (χ3v) is 3.88. The van der Waals surface area contributed by atoms with E-state index in [4.69, 9.17) is 10.8 Å². The van der Waals surface area contributed by atoms with Gasteiger partial charge in [-0.2, -0.15) is 13.2 Å². The summed E-state index contributed by atoms with van der Waals surface area (Å²) in [5.74, 6) is -1.91. The molecule has 1 aromatic rings. The van der Waals surface area contributed by atoms with Crippen LogP contribution in [0.4, 0.5) is 13.2 Å². The van der Waals surface area contributed by atoms with E-state index in [0.717, 1.165) is 12.1 Å². The second-order valence-corrected chi connectivity index (χ2v) is 5.40. The summed E-state index contributed by atoms with van der Waals surface area (Å²) >= 11 is 0. The van der Waals surface area contributed by atoms with Gasteiger partial charge < -0.3 is 10.8 Å². The van der Waals surface area contributed by atoms with Gasteiger partial charge in [-0.3, -0.25) is 4.79 Å². The second kappa shape index (κ2) is 6.93. The fourth-order valence-corrected chi connectivity index (χ4v) is 2.28. The van der Waals surface area contributed by atoms with E-state index in [1.54, 1.807) is 13.0 Å². The highest BCUT2D eigenvalue weighted by atomic mass is 19.4. The van der Waals surface area contributed by atoms with Gasteiger partial charge in [-0.25, -0.2) is 0 Å². The summed E-state index contributed by atoms with van der Waals surface area (Å²) in [5, 5.41) is 9.00. The summed E-state index contributed by atoms with van der Waals surface area (Å²) in [5.41, 5.74) is 5.28. The molecule has 0 amide bonds. The van der Waals surface area contributed by atoms with E-state index in [2.05, 4.69) is 0 Å². The molecule has 0 fully saturated rings. The zero-order chi connectivity index (χ0) is 16.2. The molecule has 3 unspecified atom stereocenters. The van der Waals surface area contributed by atoms with Crippen LogP contribution in [-0.2, 0) is 11.0 Å². The van der Waals surface area contributed by atoms with Gasteiger partial charge in [0.1, 0.15) is 0 Å². The first-order valence-corrected chi connectivity index (χ1v) is 6.76. The van der Waals surface area contributed by atoms with E-state index in [1.165, 1.54) is 6.07 Å². The molecule has 118 valence electrons. The Labute approximate surface area is 122 Å². The molecule has 6 heteroatoms. The molecule has 0 spiro atoms. The average Bonchev–Trinajstić information content (AvgIpc) is 2.42. The number of hydrogen-bond donors (Lipinski definition) is 2. The van der Waals surface area contributed by atoms with Gasteiger partial charge in [0.15, 0.2) is 0 Å². The van der Waals surface area contributed by atoms with Crippen molar-refractivity contribution in [2.75, 3.05) is 6.54 Å². The third-order valence-electron chi connectivity index (χ3n) is 3.88. The third kappa shape index (κ3) is 4.74. The summed E-state index contributed by atoms with van der Waals surface area (Å²) in [4.78, 5) is 11.0. The van der Waals surface area contributed by atoms with Crippen molar-refractivity contribution in [2.45, 2.75) is 32.4 Å². The zero-order valence-electron chi connectivity index (χ0n) is 12.0. The maximum atomic E-state index is 12.7. The lowest BCUT2D eigenvalue weighted by atomic mass is 9.82.